The maximum absolute atomic E-state index is 13.2. The Morgan fingerprint density at radius 1 is 1.28 bits per heavy atom. The molecule has 39 heavy (non-hydrogen) atoms. The van der Waals surface area contributed by atoms with Crippen LogP contribution < -0.4 is 9.82 Å². The molecule has 3 N–H and O–H groups in total. The van der Waals surface area contributed by atoms with Crippen molar-refractivity contribution >= 4 is 74.8 Å². The van der Waals surface area contributed by atoms with Gasteiger partial charge in [0, 0.05) is 66.1 Å². The number of carbonyl (C=O) groups is 1. The predicted octanol–water partition coefficient (Wildman–Crippen LogP) is 7.54. The first-order chi connectivity index (χ1) is 18.8. The number of hydrogen-bond donors (Lipinski definition) is 3. The van der Waals surface area contributed by atoms with Crippen LogP contribution in [0.3, 0.4) is 0 Å². The van der Waals surface area contributed by atoms with Gasteiger partial charge in [-0.1, -0.05) is 29.0 Å². The molecule has 1 saturated carbocycles. The van der Waals surface area contributed by atoms with E-state index in [0.29, 0.717) is 52.8 Å². The molecule has 3 atom stereocenters. The number of alkyl halides is 2. The van der Waals surface area contributed by atoms with E-state index in [9.17, 15) is 14.5 Å². The third kappa shape index (κ3) is 9.68. The molecule has 214 valence electrons. The number of aromatic hydroxyl groups is 1. The van der Waals surface area contributed by atoms with Crippen LogP contribution in [0.1, 0.15) is 36.0 Å². The van der Waals surface area contributed by atoms with Crippen LogP contribution in [-0.4, -0.2) is 65.6 Å². The van der Waals surface area contributed by atoms with Crippen molar-refractivity contribution in [1.82, 2.24) is 5.09 Å². The molecule has 0 radical (unpaired) electrons. The van der Waals surface area contributed by atoms with Crippen LogP contribution in [0.5, 0.6) is 11.5 Å². The molecule has 1 aromatic rings. The molecule has 1 heterocycles. The van der Waals surface area contributed by atoms with Crippen LogP contribution in [0.15, 0.2) is 41.4 Å². The lowest BCUT2D eigenvalue weighted by atomic mass is 9.89. The minimum atomic E-state index is -2.47. The molecular formula is C27H36Cl2N3O4PS2. The topological polar surface area (TPSA) is 112 Å². The highest BCUT2D eigenvalue weighted by molar-refractivity contribution is 8.82. The summed E-state index contributed by atoms with van der Waals surface area (Å²) in [5, 5.41) is 21.7. The SMILES string of the molecule is COc1cc2c(cc1O)N=C[C@@H]1C[C@H](C/C=C\C=C/C(=N)SSCCCNP(=O)(CCCl)CCCl)CC1C2=O. The van der Waals surface area contributed by atoms with Crippen molar-refractivity contribution in [3.8, 4) is 11.5 Å². The molecule has 0 spiro atoms. The average molecular weight is 633 g/mol. The Balaban J connectivity index is 1.36. The Hall–Kier alpha value is -1.22. The molecule has 12 heteroatoms. The van der Waals surface area contributed by atoms with E-state index in [4.69, 9.17) is 33.3 Å². The second kappa shape index (κ2) is 16.3. The number of carbonyl (C=O) groups excluding carboxylic acids is 1. The fourth-order valence-electron chi connectivity index (χ4n) is 4.82. The van der Waals surface area contributed by atoms with Crippen molar-refractivity contribution in [3.05, 3.63) is 42.0 Å². The molecule has 0 aromatic heterocycles. The van der Waals surface area contributed by atoms with Crippen molar-refractivity contribution in [1.29, 1.82) is 5.41 Å². The van der Waals surface area contributed by atoms with Gasteiger partial charge in [-0.3, -0.25) is 20.3 Å². The number of phenols is 1. The van der Waals surface area contributed by atoms with E-state index in [1.165, 1.54) is 24.0 Å². The Kier molecular flexibility index (Phi) is 13.5. The number of benzene rings is 1. The van der Waals surface area contributed by atoms with Gasteiger partial charge in [0.2, 0.25) is 0 Å². The van der Waals surface area contributed by atoms with Gasteiger partial charge < -0.3 is 14.4 Å². The second-order valence-electron chi connectivity index (χ2n) is 9.56. The van der Waals surface area contributed by atoms with Crippen LogP contribution in [0, 0.1) is 23.2 Å². The third-order valence-corrected chi connectivity index (χ3v) is 12.7. The number of rotatable bonds is 15. The Morgan fingerprint density at radius 3 is 2.77 bits per heavy atom. The van der Waals surface area contributed by atoms with Gasteiger partial charge in [0.1, 0.15) is 7.29 Å². The largest absolute Gasteiger partial charge is 0.504 e. The van der Waals surface area contributed by atoms with E-state index in [-0.39, 0.29) is 29.1 Å². The molecule has 1 aliphatic heterocycles. The van der Waals surface area contributed by atoms with E-state index >= 15 is 0 Å². The molecule has 3 rings (SSSR count). The van der Waals surface area contributed by atoms with Gasteiger partial charge >= 0.3 is 0 Å². The number of nitrogens with one attached hydrogen (secondary N) is 2. The molecule has 0 saturated heterocycles. The fraction of sp³-hybridized carbons (Fsp3) is 0.519. The average Bonchev–Trinajstić information content (AvgIpc) is 3.27. The first-order valence-electron chi connectivity index (χ1n) is 13.0. The zero-order valence-corrected chi connectivity index (χ0v) is 26.0. The van der Waals surface area contributed by atoms with Crippen LogP contribution in [0.4, 0.5) is 5.69 Å². The number of fused-ring (bicyclic) bond motifs is 2. The molecule has 0 bridgehead atoms. The van der Waals surface area contributed by atoms with E-state index in [1.54, 1.807) is 22.9 Å². The molecule has 7 nitrogen and oxygen atoms in total. The van der Waals surface area contributed by atoms with E-state index in [1.807, 2.05) is 18.4 Å². The first kappa shape index (κ1) is 32.3. The highest BCUT2D eigenvalue weighted by Gasteiger charge is 2.40. The molecule has 1 aromatic carbocycles. The van der Waals surface area contributed by atoms with Crippen LogP contribution in [-0.2, 0) is 4.57 Å². The summed E-state index contributed by atoms with van der Waals surface area (Å²) >= 11 is 11.5. The molecule has 1 unspecified atom stereocenters. The summed E-state index contributed by atoms with van der Waals surface area (Å²) < 4.78 is 17.8. The Bertz CT molecular complexity index is 1140. The van der Waals surface area contributed by atoms with Crippen LogP contribution in [0.25, 0.3) is 0 Å². The minimum absolute atomic E-state index is 0.0171. The lowest BCUT2D eigenvalue weighted by molar-refractivity contribution is 0.0910. The first-order valence-corrected chi connectivity index (χ1v) is 18.4. The van der Waals surface area contributed by atoms with Crippen molar-refractivity contribution in [2.75, 3.05) is 43.5 Å². The summed E-state index contributed by atoms with van der Waals surface area (Å²) in [4.78, 5) is 17.7. The summed E-state index contributed by atoms with van der Waals surface area (Å²) in [6.07, 6.45) is 13.9. The molecule has 0 amide bonds. The van der Waals surface area contributed by atoms with Crippen molar-refractivity contribution in [2.24, 2.45) is 22.7 Å². The smallest absolute Gasteiger partial charge is 0.168 e. The number of phenolic OH excluding ortho intramolecular Hbond substituents is 1. The van der Waals surface area contributed by atoms with Crippen molar-refractivity contribution in [3.63, 3.8) is 0 Å². The monoisotopic (exact) mass is 631 g/mol. The van der Waals surface area contributed by atoms with Gasteiger partial charge in [-0.15, -0.1) is 23.2 Å². The number of aliphatic imine (C=N–C) groups is 1. The normalized spacial score (nSPS) is 20.9. The van der Waals surface area contributed by atoms with Crippen LogP contribution >= 0.6 is 52.1 Å². The van der Waals surface area contributed by atoms with Crippen molar-refractivity contribution in [2.45, 2.75) is 25.7 Å². The lowest BCUT2D eigenvalue weighted by Crippen LogP contribution is -2.18. The maximum atomic E-state index is 13.2. The number of halogens is 2. The summed E-state index contributed by atoms with van der Waals surface area (Å²) in [5.74, 6) is 2.27. The number of allylic oxidation sites excluding steroid dienone is 3. The fourth-order valence-corrected chi connectivity index (χ4v) is 9.87. The maximum Gasteiger partial charge on any atom is 0.168 e. The zero-order valence-electron chi connectivity index (χ0n) is 22.0. The number of methoxy groups -OCH3 is 1. The summed E-state index contributed by atoms with van der Waals surface area (Å²) in [7, 11) is 2.01. The zero-order chi connectivity index (χ0) is 28.3. The summed E-state index contributed by atoms with van der Waals surface area (Å²) in [6.45, 7) is 0.648. The Morgan fingerprint density at radius 2 is 2.05 bits per heavy atom. The molecule has 1 aliphatic carbocycles. The van der Waals surface area contributed by atoms with Gasteiger partial charge in [0.05, 0.1) is 17.8 Å². The van der Waals surface area contributed by atoms with Gasteiger partial charge in [-0.2, -0.15) is 0 Å². The summed E-state index contributed by atoms with van der Waals surface area (Å²) in [5.41, 5.74) is 1.01. The predicted molar refractivity (Wildman–Crippen MR) is 169 cm³/mol. The third-order valence-electron chi connectivity index (χ3n) is 6.82. The standard InChI is InChI=1S/C27H36Cl2N3O4PS2/c1-36-25-16-22-23(17-24(25)33)31-18-20-14-19(15-21(20)27(22)34)6-3-2-4-7-26(30)39-38-13-5-10-32-37(35,11-8-28)12-9-29/h2-4,7,16-21,30,33H,5-6,8-15H2,1H3,(H,32,35)/b3-2-,7-4-,30-26?/t19-,20-,21?/m0/s1. The van der Waals surface area contributed by atoms with E-state index < -0.39 is 7.29 Å². The van der Waals surface area contributed by atoms with E-state index in [2.05, 4.69) is 16.2 Å². The number of ketones is 1. The summed E-state index contributed by atoms with van der Waals surface area (Å²) in [6, 6.07) is 3.09. The highest BCUT2D eigenvalue weighted by atomic mass is 35.5. The van der Waals surface area contributed by atoms with Gasteiger partial charge in [-0.25, -0.2) is 0 Å². The van der Waals surface area contributed by atoms with Crippen molar-refractivity contribution < 1.29 is 19.2 Å². The minimum Gasteiger partial charge on any atom is -0.504 e. The second-order valence-corrected chi connectivity index (χ2v) is 15.8. The van der Waals surface area contributed by atoms with Gasteiger partial charge in [0.15, 0.2) is 17.3 Å². The van der Waals surface area contributed by atoms with Gasteiger partial charge in [-0.05, 0) is 54.5 Å². The molecule has 2 aliphatic rings. The van der Waals surface area contributed by atoms with Crippen LogP contribution in [0.2, 0.25) is 0 Å². The van der Waals surface area contributed by atoms with Gasteiger partial charge in [0.25, 0.3) is 0 Å². The lowest BCUT2D eigenvalue weighted by Gasteiger charge is -2.17. The highest BCUT2D eigenvalue weighted by Crippen LogP contribution is 2.45. The number of hydrogen-bond acceptors (Lipinski definition) is 8. The van der Waals surface area contributed by atoms with E-state index in [0.717, 1.165) is 31.4 Å². The number of ether oxygens (including phenoxy) is 1. The number of nitrogens with zero attached hydrogens (tertiary/aromatic N) is 1. The molecular weight excluding hydrogens is 596 g/mol. The number of Topliss-reactive ketones (excluding diaryl/α,β-unsaturated/α-hetero) is 1. The quantitative estimate of drug-likeness (QED) is 0.0349. The Labute approximate surface area is 249 Å². The molecule has 1 fully saturated rings.